The minimum absolute atomic E-state index is 0.233. The Morgan fingerprint density at radius 1 is 1.26 bits per heavy atom. The van der Waals surface area contributed by atoms with E-state index >= 15 is 0 Å². The Hall–Kier alpha value is -1.60. The second-order valence-electron chi connectivity index (χ2n) is 4.72. The normalized spacial score (nSPS) is 16.5. The largest absolute Gasteiger partial charge is 0.481 e. The molecule has 1 saturated heterocycles. The summed E-state index contributed by atoms with van der Waals surface area (Å²) < 4.78 is 24.9. The van der Waals surface area contributed by atoms with E-state index in [0.29, 0.717) is 13.1 Å². The Balaban J connectivity index is 2.11. The zero-order valence-electron chi connectivity index (χ0n) is 10.8. The highest BCUT2D eigenvalue weighted by Crippen LogP contribution is 2.26. The van der Waals surface area contributed by atoms with Crippen LogP contribution in [0.15, 0.2) is 29.2 Å². The lowest BCUT2D eigenvalue weighted by atomic mass is 10.00. The minimum atomic E-state index is -3.41. The molecule has 0 bridgehead atoms. The number of hydrogen-bond donors (Lipinski definition) is 1. The summed E-state index contributed by atoms with van der Waals surface area (Å²) in [6.45, 7) is 0.935. The number of hydrogen-bond acceptors (Lipinski definition) is 4. The van der Waals surface area contributed by atoms with Crippen LogP contribution in [0.5, 0.6) is 0 Å². The summed E-state index contributed by atoms with van der Waals surface area (Å²) in [6.07, 6.45) is 0. The molecule has 1 aliphatic heterocycles. The van der Waals surface area contributed by atoms with E-state index in [1.807, 2.05) is 4.90 Å². The van der Waals surface area contributed by atoms with E-state index < -0.39 is 16.0 Å². The summed E-state index contributed by atoms with van der Waals surface area (Å²) in [7, 11) is -0.447. The molecule has 1 heterocycles. The molecule has 0 spiro atoms. The van der Waals surface area contributed by atoms with Gasteiger partial charge in [0.05, 0.1) is 10.8 Å². The molecule has 1 fully saturated rings. The molecule has 104 valence electrons. The van der Waals surface area contributed by atoms with Crippen LogP contribution in [0.1, 0.15) is 0 Å². The Kier molecular flexibility index (Phi) is 3.51. The highest BCUT2D eigenvalue weighted by molar-refractivity contribution is 7.89. The predicted octanol–water partition coefficient (Wildman–Crippen LogP) is 0.458. The zero-order valence-corrected chi connectivity index (χ0v) is 11.6. The Labute approximate surface area is 112 Å². The molecule has 6 nitrogen and oxygen atoms in total. The van der Waals surface area contributed by atoms with E-state index in [0.717, 1.165) is 9.99 Å². The number of carboxylic acid groups (broad SMARTS) is 1. The average molecular weight is 284 g/mol. The molecule has 0 unspecified atom stereocenters. The number of carbonyl (C=O) groups is 1. The van der Waals surface area contributed by atoms with Gasteiger partial charge in [0.15, 0.2) is 0 Å². The monoisotopic (exact) mass is 284 g/mol. The van der Waals surface area contributed by atoms with Gasteiger partial charge in [0, 0.05) is 32.9 Å². The van der Waals surface area contributed by atoms with Gasteiger partial charge in [-0.15, -0.1) is 0 Å². The first kappa shape index (κ1) is 13.8. The smallest absolute Gasteiger partial charge is 0.310 e. The minimum Gasteiger partial charge on any atom is -0.481 e. The van der Waals surface area contributed by atoms with Crippen molar-refractivity contribution in [2.24, 2.45) is 5.92 Å². The van der Waals surface area contributed by atoms with Crippen molar-refractivity contribution in [1.82, 2.24) is 4.31 Å². The predicted molar refractivity (Wildman–Crippen MR) is 70.7 cm³/mol. The van der Waals surface area contributed by atoms with Crippen LogP contribution >= 0.6 is 0 Å². The van der Waals surface area contributed by atoms with Crippen LogP contribution in [-0.2, 0) is 14.8 Å². The van der Waals surface area contributed by atoms with Crippen molar-refractivity contribution in [3.05, 3.63) is 24.3 Å². The second-order valence-corrected chi connectivity index (χ2v) is 6.87. The van der Waals surface area contributed by atoms with Crippen LogP contribution in [0.2, 0.25) is 0 Å². The van der Waals surface area contributed by atoms with Crippen molar-refractivity contribution in [3.8, 4) is 0 Å². The van der Waals surface area contributed by atoms with Crippen LogP contribution in [-0.4, -0.2) is 51.0 Å². The number of benzene rings is 1. The number of nitrogens with zero attached hydrogens (tertiary/aromatic N) is 2. The molecule has 1 aromatic rings. The van der Waals surface area contributed by atoms with Crippen molar-refractivity contribution in [3.63, 3.8) is 0 Å². The summed E-state index contributed by atoms with van der Waals surface area (Å²) >= 11 is 0. The Morgan fingerprint density at radius 3 is 2.21 bits per heavy atom. The van der Waals surface area contributed by atoms with Crippen LogP contribution in [0.25, 0.3) is 0 Å². The third-order valence-corrected chi connectivity index (χ3v) is 5.04. The fourth-order valence-corrected chi connectivity index (χ4v) is 2.79. The van der Waals surface area contributed by atoms with Gasteiger partial charge in [-0.05, 0) is 24.3 Å². The standard InChI is InChI=1S/C12H16N2O4S/c1-13(2)19(17,18)11-5-3-10(4-6-11)14-7-9(8-14)12(15)16/h3-6,9H,7-8H2,1-2H3,(H,15,16). The van der Waals surface area contributed by atoms with E-state index in [9.17, 15) is 13.2 Å². The molecule has 1 aromatic carbocycles. The number of sulfonamides is 1. The third kappa shape index (κ3) is 2.57. The molecule has 2 rings (SSSR count). The van der Waals surface area contributed by atoms with Crippen LogP contribution < -0.4 is 4.90 Å². The van der Waals surface area contributed by atoms with Crippen molar-refractivity contribution in [2.75, 3.05) is 32.1 Å². The first-order valence-corrected chi connectivity index (χ1v) is 7.26. The first-order valence-electron chi connectivity index (χ1n) is 5.82. The molecule has 0 radical (unpaired) electrons. The lowest BCUT2D eigenvalue weighted by Gasteiger charge is -2.38. The van der Waals surface area contributed by atoms with Crippen molar-refractivity contribution >= 4 is 21.7 Å². The van der Waals surface area contributed by atoms with Gasteiger partial charge >= 0.3 is 5.97 Å². The summed E-state index contributed by atoms with van der Waals surface area (Å²) in [5, 5.41) is 8.80. The van der Waals surface area contributed by atoms with Crippen molar-refractivity contribution in [1.29, 1.82) is 0 Å². The molecule has 0 aliphatic carbocycles. The van der Waals surface area contributed by atoms with Gasteiger partial charge < -0.3 is 10.0 Å². The SMILES string of the molecule is CN(C)S(=O)(=O)c1ccc(N2CC(C(=O)O)C2)cc1. The second kappa shape index (κ2) is 4.82. The van der Waals surface area contributed by atoms with E-state index in [1.54, 1.807) is 24.3 Å². The van der Waals surface area contributed by atoms with Gasteiger partial charge in [-0.1, -0.05) is 0 Å². The molecule has 0 saturated carbocycles. The maximum absolute atomic E-state index is 11.9. The zero-order chi connectivity index (χ0) is 14.2. The lowest BCUT2D eigenvalue weighted by Crippen LogP contribution is -2.50. The fourth-order valence-electron chi connectivity index (χ4n) is 1.89. The van der Waals surface area contributed by atoms with Gasteiger partial charge in [-0.25, -0.2) is 12.7 Å². The maximum atomic E-state index is 11.9. The molecular formula is C12H16N2O4S. The van der Waals surface area contributed by atoms with Gasteiger partial charge in [0.25, 0.3) is 0 Å². The molecule has 0 aromatic heterocycles. The summed E-state index contributed by atoms with van der Waals surface area (Å²) in [5.41, 5.74) is 0.843. The van der Waals surface area contributed by atoms with E-state index in [-0.39, 0.29) is 10.8 Å². The molecule has 1 N–H and O–H groups in total. The van der Waals surface area contributed by atoms with Gasteiger partial charge in [-0.2, -0.15) is 0 Å². The fraction of sp³-hybridized carbons (Fsp3) is 0.417. The van der Waals surface area contributed by atoms with Crippen LogP contribution in [0.4, 0.5) is 5.69 Å². The summed E-state index contributed by atoms with van der Waals surface area (Å²) in [4.78, 5) is 12.8. The topological polar surface area (TPSA) is 77.9 Å². The Bertz CT molecular complexity index is 574. The lowest BCUT2D eigenvalue weighted by molar-refractivity contribution is -0.142. The quantitative estimate of drug-likeness (QED) is 0.869. The van der Waals surface area contributed by atoms with Crippen molar-refractivity contribution in [2.45, 2.75) is 4.90 Å². The van der Waals surface area contributed by atoms with Gasteiger partial charge in [0.1, 0.15) is 0 Å². The molecule has 1 aliphatic rings. The summed E-state index contributed by atoms with van der Waals surface area (Å²) in [5.74, 6) is -1.12. The molecule has 7 heteroatoms. The highest BCUT2D eigenvalue weighted by atomic mass is 32.2. The molecule has 19 heavy (non-hydrogen) atoms. The van der Waals surface area contributed by atoms with Gasteiger partial charge in [0.2, 0.25) is 10.0 Å². The number of rotatable bonds is 4. The van der Waals surface area contributed by atoms with Crippen LogP contribution in [0.3, 0.4) is 0 Å². The van der Waals surface area contributed by atoms with Crippen LogP contribution in [0, 0.1) is 5.92 Å². The van der Waals surface area contributed by atoms with E-state index in [2.05, 4.69) is 0 Å². The van der Waals surface area contributed by atoms with Gasteiger partial charge in [-0.3, -0.25) is 4.79 Å². The Morgan fingerprint density at radius 2 is 1.79 bits per heavy atom. The molecular weight excluding hydrogens is 268 g/mol. The first-order chi connectivity index (χ1) is 8.82. The van der Waals surface area contributed by atoms with E-state index in [4.69, 9.17) is 5.11 Å². The van der Waals surface area contributed by atoms with Crippen molar-refractivity contribution < 1.29 is 18.3 Å². The highest BCUT2D eigenvalue weighted by Gasteiger charge is 2.32. The molecule has 0 atom stereocenters. The van der Waals surface area contributed by atoms with E-state index in [1.165, 1.54) is 14.1 Å². The third-order valence-electron chi connectivity index (χ3n) is 3.21. The maximum Gasteiger partial charge on any atom is 0.310 e. The number of aliphatic carboxylic acids is 1. The molecule has 0 amide bonds. The number of carboxylic acids is 1. The summed E-state index contributed by atoms with van der Waals surface area (Å²) in [6, 6.07) is 6.49. The average Bonchev–Trinajstić information content (AvgIpc) is 2.27. The number of anilines is 1.